The van der Waals surface area contributed by atoms with E-state index in [2.05, 4.69) is 0 Å². The largest absolute Gasteiger partial charge is 0.478 e. The van der Waals surface area contributed by atoms with E-state index in [0.717, 1.165) is 5.56 Å². The molecule has 7 heteroatoms. The van der Waals surface area contributed by atoms with Crippen LogP contribution in [0.25, 0.3) is 0 Å². The Kier molecular flexibility index (Phi) is 7.51. The zero-order valence-corrected chi connectivity index (χ0v) is 15.2. The topological polar surface area (TPSA) is 76.1 Å². The maximum atomic E-state index is 11.8. The van der Waals surface area contributed by atoms with Crippen LogP contribution in [0.4, 0.5) is 4.79 Å². The number of carbonyl (C=O) groups is 2. The highest BCUT2D eigenvalue weighted by Gasteiger charge is 2.19. The average molecular weight is 358 g/mol. The van der Waals surface area contributed by atoms with Crippen molar-refractivity contribution in [1.29, 1.82) is 0 Å². The van der Waals surface area contributed by atoms with Crippen LogP contribution in [0.2, 0.25) is 5.02 Å². The van der Waals surface area contributed by atoms with Crippen LogP contribution in [0, 0.1) is 0 Å². The molecule has 1 amide bonds. The molecule has 0 aromatic heterocycles. The van der Waals surface area contributed by atoms with Gasteiger partial charge >= 0.3 is 12.1 Å². The molecule has 0 aliphatic carbocycles. The van der Waals surface area contributed by atoms with Crippen molar-refractivity contribution in [3.05, 3.63) is 34.3 Å². The molecule has 1 aromatic rings. The second kappa shape index (κ2) is 8.89. The molecule has 0 fully saturated rings. The summed E-state index contributed by atoms with van der Waals surface area (Å²) >= 11 is 5.81. The first-order valence-corrected chi connectivity index (χ1v) is 8.01. The lowest BCUT2D eigenvalue weighted by molar-refractivity contribution is 0.0276. The highest BCUT2D eigenvalue weighted by Crippen LogP contribution is 2.18. The Morgan fingerprint density at radius 3 is 2.54 bits per heavy atom. The van der Waals surface area contributed by atoms with Crippen molar-refractivity contribution in [2.75, 3.05) is 20.2 Å². The zero-order valence-electron chi connectivity index (χ0n) is 14.5. The Bertz CT molecular complexity index is 583. The van der Waals surface area contributed by atoms with E-state index in [1.165, 1.54) is 11.0 Å². The maximum absolute atomic E-state index is 11.8. The van der Waals surface area contributed by atoms with Gasteiger partial charge in [-0.25, -0.2) is 9.59 Å². The SMILES string of the molecule is CN(CCCOCc1ccc(Cl)c(C(=O)O)c1)C(=O)OC(C)(C)C. The molecular formula is C17H24ClNO5. The molecule has 0 radical (unpaired) electrons. The molecule has 0 saturated carbocycles. The number of halogens is 1. The lowest BCUT2D eigenvalue weighted by atomic mass is 10.1. The van der Waals surface area contributed by atoms with Gasteiger partial charge in [-0.3, -0.25) is 0 Å². The summed E-state index contributed by atoms with van der Waals surface area (Å²) in [6, 6.07) is 4.76. The number of aromatic carboxylic acids is 1. The van der Waals surface area contributed by atoms with Crippen LogP contribution < -0.4 is 0 Å². The number of carboxylic acids is 1. The lowest BCUT2D eigenvalue weighted by Crippen LogP contribution is -2.35. The maximum Gasteiger partial charge on any atom is 0.410 e. The number of ether oxygens (including phenoxy) is 2. The molecule has 1 rings (SSSR count). The van der Waals surface area contributed by atoms with Gasteiger partial charge in [0.15, 0.2) is 0 Å². The van der Waals surface area contributed by atoms with Gasteiger partial charge in [0.1, 0.15) is 5.60 Å². The highest BCUT2D eigenvalue weighted by molar-refractivity contribution is 6.33. The number of carboxylic acid groups (broad SMARTS) is 1. The van der Waals surface area contributed by atoms with Gasteiger partial charge in [0.25, 0.3) is 0 Å². The van der Waals surface area contributed by atoms with E-state index >= 15 is 0 Å². The first-order chi connectivity index (χ1) is 11.1. The van der Waals surface area contributed by atoms with E-state index in [4.69, 9.17) is 26.2 Å². The average Bonchev–Trinajstić information content (AvgIpc) is 2.46. The number of hydrogen-bond donors (Lipinski definition) is 1. The molecule has 0 aliphatic heterocycles. The third-order valence-electron chi connectivity index (χ3n) is 3.02. The smallest absolute Gasteiger partial charge is 0.410 e. The van der Waals surface area contributed by atoms with Gasteiger partial charge in [-0.05, 0) is 44.9 Å². The molecule has 0 aliphatic rings. The molecular weight excluding hydrogens is 334 g/mol. The summed E-state index contributed by atoms with van der Waals surface area (Å²) in [5.41, 5.74) is 0.276. The molecule has 1 aromatic carbocycles. The summed E-state index contributed by atoms with van der Waals surface area (Å²) in [6.07, 6.45) is 0.279. The Morgan fingerprint density at radius 2 is 1.96 bits per heavy atom. The number of carbonyl (C=O) groups excluding carboxylic acids is 1. The first-order valence-electron chi connectivity index (χ1n) is 7.64. The monoisotopic (exact) mass is 357 g/mol. The Labute approximate surface area is 147 Å². The van der Waals surface area contributed by atoms with Crippen LogP contribution in [0.3, 0.4) is 0 Å². The van der Waals surface area contributed by atoms with Gasteiger partial charge in [-0.1, -0.05) is 17.7 Å². The Balaban J connectivity index is 2.33. The van der Waals surface area contributed by atoms with Crippen LogP contribution in [-0.4, -0.2) is 47.9 Å². The summed E-state index contributed by atoms with van der Waals surface area (Å²) in [7, 11) is 1.67. The van der Waals surface area contributed by atoms with E-state index in [9.17, 15) is 9.59 Å². The molecule has 134 valence electrons. The van der Waals surface area contributed by atoms with Gasteiger partial charge in [0.05, 0.1) is 17.2 Å². The molecule has 1 N–H and O–H groups in total. The summed E-state index contributed by atoms with van der Waals surface area (Å²) in [5, 5.41) is 9.22. The fourth-order valence-corrected chi connectivity index (χ4v) is 2.05. The number of benzene rings is 1. The summed E-state index contributed by atoms with van der Waals surface area (Å²) in [6.45, 7) is 6.69. The summed E-state index contributed by atoms with van der Waals surface area (Å²) < 4.78 is 10.8. The molecule has 0 unspecified atom stereocenters. The predicted octanol–water partition coefficient (Wildman–Crippen LogP) is 3.81. The van der Waals surface area contributed by atoms with Gasteiger partial charge in [-0.15, -0.1) is 0 Å². The van der Waals surface area contributed by atoms with Crippen molar-refractivity contribution >= 4 is 23.7 Å². The van der Waals surface area contributed by atoms with Crippen molar-refractivity contribution in [3.8, 4) is 0 Å². The molecule has 0 atom stereocenters. The van der Waals surface area contributed by atoms with E-state index in [1.54, 1.807) is 19.2 Å². The van der Waals surface area contributed by atoms with Crippen LogP contribution in [0.1, 0.15) is 43.1 Å². The van der Waals surface area contributed by atoms with Crippen molar-refractivity contribution in [3.63, 3.8) is 0 Å². The van der Waals surface area contributed by atoms with Crippen LogP contribution >= 0.6 is 11.6 Å². The van der Waals surface area contributed by atoms with Gasteiger partial charge in [-0.2, -0.15) is 0 Å². The highest BCUT2D eigenvalue weighted by atomic mass is 35.5. The van der Waals surface area contributed by atoms with Crippen LogP contribution in [-0.2, 0) is 16.1 Å². The van der Waals surface area contributed by atoms with Gasteiger partial charge < -0.3 is 19.5 Å². The number of hydrogen-bond acceptors (Lipinski definition) is 4. The molecule has 0 saturated heterocycles. The summed E-state index contributed by atoms with van der Waals surface area (Å²) in [4.78, 5) is 24.3. The second-order valence-corrected chi connectivity index (χ2v) is 6.83. The molecule has 0 spiro atoms. The Hall–Kier alpha value is -1.79. The predicted molar refractivity (Wildman–Crippen MR) is 91.5 cm³/mol. The van der Waals surface area contributed by atoms with Crippen molar-refractivity contribution in [1.82, 2.24) is 4.90 Å². The normalized spacial score (nSPS) is 11.2. The van der Waals surface area contributed by atoms with Crippen molar-refractivity contribution in [2.45, 2.75) is 39.4 Å². The Morgan fingerprint density at radius 1 is 1.29 bits per heavy atom. The fraction of sp³-hybridized carbons (Fsp3) is 0.529. The van der Waals surface area contributed by atoms with Gasteiger partial charge in [0.2, 0.25) is 0 Å². The third-order valence-corrected chi connectivity index (χ3v) is 3.35. The minimum absolute atomic E-state index is 0.0578. The fourth-order valence-electron chi connectivity index (χ4n) is 1.85. The quantitative estimate of drug-likeness (QED) is 0.751. The molecule has 0 heterocycles. The lowest BCUT2D eigenvalue weighted by Gasteiger charge is -2.24. The first kappa shape index (κ1) is 20.3. The van der Waals surface area contributed by atoms with Crippen molar-refractivity contribution in [2.24, 2.45) is 0 Å². The van der Waals surface area contributed by atoms with E-state index in [0.29, 0.717) is 19.6 Å². The van der Waals surface area contributed by atoms with Crippen molar-refractivity contribution < 1.29 is 24.2 Å². The minimum atomic E-state index is -1.07. The molecule has 6 nitrogen and oxygen atoms in total. The van der Waals surface area contributed by atoms with Crippen LogP contribution in [0.15, 0.2) is 18.2 Å². The van der Waals surface area contributed by atoms with E-state index < -0.39 is 11.6 Å². The van der Waals surface area contributed by atoms with E-state index in [1.807, 2.05) is 20.8 Å². The number of nitrogens with zero attached hydrogens (tertiary/aromatic N) is 1. The molecule has 0 bridgehead atoms. The zero-order chi connectivity index (χ0) is 18.3. The third kappa shape index (κ3) is 7.19. The van der Waals surface area contributed by atoms with E-state index in [-0.39, 0.29) is 23.3 Å². The number of amides is 1. The standard InChI is InChI=1S/C17H24ClNO5/c1-17(2,3)24-16(22)19(4)8-5-9-23-11-12-6-7-14(18)13(10-12)15(20)21/h6-7,10H,5,8-9,11H2,1-4H3,(H,20,21). The second-order valence-electron chi connectivity index (χ2n) is 6.43. The number of rotatable bonds is 7. The summed E-state index contributed by atoms with van der Waals surface area (Å²) in [5.74, 6) is -1.07. The van der Waals surface area contributed by atoms with Gasteiger partial charge in [0, 0.05) is 20.2 Å². The molecule has 24 heavy (non-hydrogen) atoms. The van der Waals surface area contributed by atoms with Crippen LogP contribution in [0.5, 0.6) is 0 Å². The minimum Gasteiger partial charge on any atom is -0.478 e.